The maximum absolute atomic E-state index is 11.6. The van der Waals surface area contributed by atoms with Gasteiger partial charge in [-0.3, -0.25) is 0 Å². The smallest absolute Gasteiger partial charge is 0.440 e. The van der Waals surface area contributed by atoms with Gasteiger partial charge in [-0.2, -0.15) is 0 Å². The van der Waals surface area contributed by atoms with E-state index in [2.05, 4.69) is 48.4 Å². The first kappa shape index (κ1) is 23.1. The highest BCUT2D eigenvalue weighted by Crippen LogP contribution is 2.31. The van der Waals surface area contributed by atoms with E-state index in [4.69, 9.17) is 14.4 Å². The second-order valence-electron chi connectivity index (χ2n) is 8.03. The zero-order valence-corrected chi connectivity index (χ0v) is 19.1. The van der Waals surface area contributed by atoms with Crippen LogP contribution in [-0.2, 0) is 13.1 Å². The summed E-state index contributed by atoms with van der Waals surface area (Å²) >= 11 is 0. The first-order chi connectivity index (χ1) is 16.4. The van der Waals surface area contributed by atoms with Crippen molar-refractivity contribution in [2.24, 2.45) is 0 Å². The molecule has 4 rings (SSSR count). The lowest BCUT2D eigenvalue weighted by Crippen LogP contribution is -2.17. The zero-order valence-electron chi connectivity index (χ0n) is 19.1. The van der Waals surface area contributed by atoms with Crippen molar-refractivity contribution in [3.63, 3.8) is 0 Å². The summed E-state index contributed by atoms with van der Waals surface area (Å²) in [6.07, 6.45) is 0. The van der Waals surface area contributed by atoms with Crippen LogP contribution in [0.1, 0.15) is 22.3 Å². The SMILES string of the molecule is Cc1cc(OCCO)ccc1-c1cccc(CNc2ccc(Cn3oc(=O)[nH]c3=O)cc2)c1C. The van der Waals surface area contributed by atoms with Crippen LogP contribution in [0.25, 0.3) is 11.1 Å². The Labute approximate surface area is 196 Å². The lowest BCUT2D eigenvalue weighted by molar-refractivity contribution is 0.201. The minimum absolute atomic E-state index is 0.0112. The van der Waals surface area contributed by atoms with Crippen LogP contribution < -0.4 is 21.5 Å². The van der Waals surface area contributed by atoms with Crippen LogP contribution in [0.15, 0.2) is 74.8 Å². The van der Waals surface area contributed by atoms with Crippen molar-refractivity contribution in [2.45, 2.75) is 26.9 Å². The zero-order chi connectivity index (χ0) is 24.1. The fraction of sp³-hybridized carbons (Fsp3) is 0.231. The van der Waals surface area contributed by atoms with Gasteiger partial charge >= 0.3 is 11.4 Å². The van der Waals surface area contributed by atoms with Gasteiger partial charge in [0.1, 0.15) is 12.4 Å². The molecule has 0 aliphatic rings. The number of ether oxygens (including phenoxy) is 1. The van der Waals surface area contributed by atoms with Crippen LogP contribution in [0.3, 0.4) is 0 Å². The number of aromatic nitrogens is 2. The highest BCUT2D eigenvalue weighted by atomic mass is 16.5. The van der Waals surface area contributed by atoms with E-state index in [9.17, 15) is 9.59 Å². The highest BCUT2D eigenvalue weighted by Gasteiger charge is 2.10. The third-order valence-electron chi connectivity index (χ3n) is 5.69. The molecule has 4 aromatic rings. The van der Waals surface area contributed by atoms with Gasteiger partial charge in [-0.25, -0.2) is 14.6 Å². The molecule has 8 heteroatoms. The van der Waals surface area contributed by atoms with Crippen molar-refractivity contribution >= 4 is 5.69 Å². The van der Waals surface area contributed by atoms with Crippen molar-refractivity contribution in [1.29, 1.82) is 0 Å². The average Bonchev–Trinajstić information content (AvgIpc) is 3.14. The minimum Gasteiger partial charge on any atom is -0.491 e. The van der Waals surface area contributed by atoms with Crippen LogP contribution in [0.4, 0.5) is 5.69 Å². The van der Waals surface area contributed by atoms with Gasteiger partial charge in [-0.1, -0.05) is 36.4 Å². The Hall–Kier alpha value is -4.04. The number of aryl methyl sites for hydroxylation is 1. The highest BCUT2D eigenvalue weighted by molar-refractivity contribution is 5.72. The van der Waals surface area contributed by atoms with Crippen molar-refractivity contribution in [2.75, 3.05) is 18.5 Å². The minimum atomic E-state index is -0.762. The van der Waals surface area contributed by atoms with Gasteiger partial charge < -0.3 is 19.7 Å². The number of H-pyrrole nitrogens is 1. The van der Waals surface area contributed by atoms with Crippen molar-refractivity contribution in [1.82, 2.24) is 9.72 Å². The van der Waals surface area contributed by atoms with E-state index in [0.29, 0.717) is 6.54 Å². The number of nitrogens with one attached hydrogen (secondary N) is 2. The molecule has 3 aromatic carbocycles. The molecule has 0 saturated heterocycles. The molecule has 0 radical (unpaired) electrons. The van der Waals surface area contributed by atoms with E-state index >= 15 is 0 Å². The summed E-state index contributed by atoms with van der Waals surface area (Å²) in [6, 6.07) is 19.9. The molecule has 1 heterocycles. The van der Waals surface area contributed by atoms with E-state index in [1.54, 1.807) is 0 Å². The molecule has 8 nitrogen and oxygen atoms in total. The normalized spacial score (nSPS) is 10.9. The van der Waals surface area contributed by atoms with Crippen LogP contribution in [-0.4, -0.2) is 28.0 Å². The molecular weight excluding hydrogens is 434 g/mol. The van der Waals surface area contributed by atoms with Gasteiger partial charge in [0.05, 0.1) is 13.2 Å². The van der Waals surface area contributed by atoms with Gasteiger partial charge in [-0.15, -0.1) is 4.74 Å². The Bertz CT molecular complexity index is 1380. The third kappa shape index (κ3) is 5.29. The molecular formula is C26H27N3O5. The average molecular weight is 462 g/mol. The number of aromatic amines is 1. The fourth-order valence-electron chi connectivity index (χ4n) is 3.87. The van der Waals surface area contributed by atoms with Gasteiger partial charge in [0.15, 0.2) is 0 Å². The standard InChI is InChI=1S/C26H27N3O5/c1-17-14-22(33-13-12-30)10-11-23(17)24-5-3-4-20(18(24)2)15-27-21-8-6-19(7-9-21)16-29-25(31)28-26(32)34-29/h3-11,14,27,30H,12-13,15-16H2,1-2H3,(H,28,31,32). The van der Waals surface area contributed by atoms with Gasteiger partial charge in [0, 0.05) is 12.2 Å². The summed E-state index contributed by atoms with van der Waals surface area (Å²) in [5.74, 6) is -0.0141. The quantitative estimate of drug-likeness (QED) is 0.352. The predicted molar refractivity (Wildman–Crippen MR) is 130 cm³/mol. The van der Waals surface area contributed by atoms with Gasteiger partial charge in [-0.05, 0) is 71.5 Å². The molecule has 1 aromatic heterocycles. The number of benzene rings is 3. The van der Waals surface area contributed by atoms with Gasteiger partial charge in [0.2, 0.25) is 0 Å². The number of hydrogen-bond acceptors (Lipinski definition) is 6. The largest absolute Gasteiger partial charge is 0.491 e. The maximum Gasteiger partial charge on any atom is 0.440 e. The second-order valence-corrected chi connectivity index (χ2v) is 8.03. The van der Waals surface area contributed by atoms with E-state index in [1.807, 2.05) is 36.4 Å². The second kappa shape index (κ2) is 10.3. The summed E-state index contributed by atoms with van der Waals surface area (Å²) in [7, 11) is 0. The third-order valence-corrected chi connectivity index (χ3v) is 5.69. The molecule has 3 N–H and O–H groups in total. The molecule has 0 fully saturated rings. The first-order valence-electron chi connectivity index (χ1n) is 11.0. The lowest BCUT2D eigenvalue weighted by Gasteiger charge is -2.16. The van der Waals surface area contributed by atoms with Gasteiger partial charge in [0.25, 0.3) is 0 Å². The van der Waals surface area contributed by atoms with Crippen molar-refractivity contribution < 1.29 is 14.4 Å². The molecule has 0 aliphatic carbocycles. The Balaban J connectivity index is 1.45. The van der Waals surface area contributed by atoms with Crippen LogP contribution in [0, 0.1) is 13.8 Å². The molecule has 0 atom stereocenters. The van der Waals surface area contributed by atoms with Crippen LogP contribution in [0.2, 0.25) is 0 Å². The topological polar surface area (TPSA) is 109 Å². The summed E-state index contributed by atoms with van der Waals surface area (Å²) in [5.41, 5.74) is 7.02. The number of aliphatic hydroxyl groups excluding tert-OH is 1. The molecule has 0 amide bonds. The molecule has 0 aliphatic heterocycles. The number of anilines is 1. The molecule has 34 heavy (non-hydrogen) atoms. The summed E-state index contributed by atoms with van der Waals surface area (Å²) < 4.78 is 11.3. The van der Waals surface area contributed by atoms with E-state index in [-0.39, 0.29) is 19.8 Å². The van der Waals surface area contributed by atoms with Crippen molar-refractivity contribution in [3.05, 3.63) is 104 Å². The predicted octanol–water partition coefficient (Wildman–Crippen LogP) is 3.44. The fourth-order valence-corrected chi connectivity index (χ4v) is 3.87. The Morgan fingerprint density at radius 1 is 1.03 bits per heavy atom. The monoisotopic (exact) mass is 461 g/mol. The molecule has 0 unspecified atom stereocenters. The Morgan fingerprint density at radius 2 is 1.82 bits per heavy atom. The lowest BCUT2D eigenvalue weighted by atomic mass is 9.93. The molecule has 0 spiro atoms. The summed E-state index contributed by atoms with van der Waals surface area (Å²) in [4.78, 5) is 24.8. The summed E-state index contributed by atoms with van der Waals surface area (Å²) in [5, 5.41) is 12.4. The van der Waals surface area contributed by atoms with Crippen molar-refractivity contribution in [3.8, 4) is 16.9 Å². The summed E-state index contributed by atoms with van der Waals surface area (Å²) in [6.45, 7) is 5.28. The maximum atomic E-state index is 11.6. The molecule has 0 bridgehead atoms. The number of rotatable bonds is 9. The number of hydrogen-bond donors (Lipinski definition) is 3. The number of aliphatic hydroxyl groups is 1. The van der Waals surface area contributed by atoms with Crippen LogP contribution in [0.5, 0.6) is 5.75 Å². The van der Waals surface area contributed by atoms with E-state index < -0.39 is 11.4 Å². The van der Waals surface area contributed by atoms with E-state index in [0.717, 1.165) is 32.9 Å². The number of nitrogens with zero attached hydrogens (tertiary/aromatic N) is 1. The molecule has 0 saturated carbocycles. The molecule has 176 valence electrons. The van der Waals surface area contributed by atoms with Crippen LogP contribution >= 0.6 is 0 Å². The van der Waals surface area contributed by atoms with E-state index in [1.165, 1.54) is 16.7 Å². The first-order valence-corrected chi connectivity index (χ1v) is 11.0. The Morgan fingerprint density at radius 3 is 2.50 bits per heavy atom. The Kier molecular flexibility index (Phi) is 6.98.